The van der Waals surface area contributed by atoms with Gasteiger partial charge >= 0.3 is 0 Å². The van der Waals surface area contributed by atoms with Crippen LogP contribution < -0.4 is 20.7 Å². The molecule has 0 unspecified atom stereocenters. The van der Waals surface area contributed by atoms with Gasteiger partial charge in [0.15, 0.2) is 17.3 Å². The molecule has 3 N–H and O–H groups in total. The number of nitrogens with one attached hydrogen (secondary N) is 1. The number of nitrogens with two attached hydrogens (primary N) is 1. The molecule has 8 nitrogen and oxygen atoms in total. The summed E-state index contributed by atoms with van der Waals surface area (Å²) in [6.07, 6.45) is 2.31. The highest BCUT2D eigenvalue weighted by Gasteiger charge is 2.10. The van der Waals surface area contributed by atoms with Crippen molar-refractivity contribution < 1.29 is 9.47 Å². The van der Waals surface area contributed by atoms with Gasteiger partial charge in [-0.1, -0.05) is 43.3 Å². The topological polar surface area (TPSA) is 99.6 Å². The van der Waals surface area contributed by atoms with Gasteiger partial charge in [0.2, 0.25) is 0 Å². The molecule has 0 aliphatic heterocycles. The summed E-state index contributed by atoms with van der Waals surface area (Å²) < 4.78 is 12.8. The van der Waals surface area contributed by atoms with Crippen LogP contribution in [0, 0.1) is 0 Å². The van der Waals surface area contributed by atoms with Crippen LogP contribution in [0.1, 0.15) is 23.9 Å². The number of ether oxygens (including phenoxy) is 2. The van der Waals surface area contributed by atoms with Crippen molar-refractivity contribution in [2.45, 2.75) is 20.0 Å². The number of para-hydroxylation sites is 1. The second-order valence-corrected chi connectivity index (χ2v) is 5.69. The van der Waals surface area contributed by atoms with Crippen LogP contribution in [0.5, 0.6) is 11.5 Å². The van der Waals surface area contributed by atoms with E-state index < -0.39 is 0 Å². The fourth-order valence-electron chi connectivity index (χ4n) is 2.48. The van der Waals surface area contributed by atoms with Gasteiger partial charge in [0.25, 0.3) is 5.95 Å². The molecule has 0 radical (unpaired) electrons. The number of hydrogen-bond acceptors (Lipinski definition) is 7. The lowest BCUT2D eigenvalue weighted by molar-refractivity contribution is 0.284. The van der Waals surface area contributed by atoms with Crippen molar-refractivity contribution >= 4 is 37.0 Å². The van der Waals surface area contributed by atoms with Gasteiger partial charge < -0.3 is 15.3 Å². The van der Waals surface area contributed by atoms with Crippen LogP contribution in [0.15, 0.2) is 53.6 Å². The zero-order chi connectivity index (χ0) is 19.1. The van der Waals surface area contributed by atoms with E-state index in [9.17, 15) is 0 Å². The van der Waals surface area contributed by atoms with Crippen LogP contribution in [0.4, 0.5) is 5.95 Å². The third kappa shape index (κ3) is 6.00. The molecule has 1 aromatic heterocycles. The van der Waals surface area contributed by atoms with Gasteiger partial charge in [0.05, 0.1) is 13.3 Å². The average molecular weight is 439 g/mol. The van der Waals surface area contributed by atoms with Crippen molar-refractivity contribution in [2.24, 2.45) is 5.10 Å². The number of anilines is 1. The summed E-state index contributed by atoms with van der Waals surface area (Å²) in [6, 6.07) is 15.5. The number of nitrogen functional groups attached to an aromatic ring is 1. The number of aromatic nitrogens is 3. The Morgan fingerprint density at radius 2 is 1.86 bits per heavy atom. The number of rotatable bonds is 8. The van der Waals surface area contributed by atoms with Crippen molar-refractivity contribution in [3.05, 3.63) is 65.5 Å². The molecule has 0 saturated heterocycles. The van der Waals surface area contributed by atoms with Gasteiger partial charge in [0, 0.05) is 12.0 Å². The molecular weight excluding hydrogens is 415 g/mol. The molecule has 0 aliphatic carbocycles. The maximum Gasteiger partial charge on any atom is 0.263 e. The lowest BCUT2D eigenvalue weighted by atomic mass is 10.2. The Morgan fingerprint density at radius 1 is 1.10 bits per heavy atom. The Labute approximate surface area is 181 Å². The zero-order valence-corrected chi connectivity index (χ0v) is 17.7. The summed E-state index contributed by atoms with van der Waals surface area (Å²) in [7, 11) is 1.60. The molecule has 0 atom stereocenters. The molecule has 10 heteroatoms. The van der Waals surface area contributed by atoms with E-state index in [0.717, 1.165) is 11.1 Å². The smallest absolute Gasteiger partial charge is 0.263 e. The normalized spacial score (nSPS) is 10.1. The molecule has 1 heterocycles. The molecular formula is C19H24Cl2N6O2. The summed E-state index contributed by atoms with van der Waals surface area (Å²) in [6.45, 7) is 2.37. The monoisotopic (exact) mass is 438 g/mol. The van der Waals surface area contributed by atoms with Gasteiger partial charge in [-0.05, 0) is 17.7 Å². The summed E-state index contributed by atoms with van der Waals surface area (Å²) in [5, 5.41) is 12.1. The lowest BCUT2D eigenvalue weighted by Gasteiger charge is -2.13. The molecule has 0 saturated carbocycles. The molecule has 0 amide bonds. The Kier molecular flexibility index (Phi) is 9.78. The minimum Gasteiger partial charge on any atom is -0.493 e. The molecule has 0 bridgehead atoms. The van der Waals surface area contributed by atoms with Gasteiger partial charge in [-0.15, -0.1) is 35.0 Å². The number of halogens is 2. The first-order valence-electron chi connectivity index (χ1n) is 8.55. The standard InChI is InChI=1S/C19H22N6O2.2ClH/c1-3-17-22-24-19(25(17)20)23-21-12-15-10-7-11-16(26-2)18(15)27-13-14-8-5-4-6-9-14;;/h4-12H,3,13,20H2,1-2H3,(H,23,24);2*1H/b21-12+;;. The van der Waals surface area contributed by atoms with E-state index in [1.807, 2.05) is 55.5 Å². The van der Waals surface area contributed by atoms with E-state index >= 15 is 0 Å². The summed E-state index contributed by atoms with van der Waals surface area (Å²) in [5.41, 5.74) is 4.62. The molecule has 0 aliphatic rings. The highest BCUT2D eigenvalue weighted by atomic mass is 35.5. The highest BCUT2D eigenvalue weighted by molar-refractivity contribution is 5.86. The summed E-state index contributed by atoms with van der Waals surface area (Å²) in [4.78, 5) is 0. The fraction of sp³-hybridized carbons (Fsp3) is 0.211. The van der Waals surface area contributed by atoms with E-state index in [1.54, 1.807) is 13.3 Å². The second-order valence-electron chi connectivity index (χ2n) is 5.69. The predicted octanol–water partition coefficient (Wildman–Crippen LogP) is 3.43. The molecule has 0 spiro atoms. The van der Waals surface area contributed by atoms with Gasteiger partial charge in [-0.25, -0.2) is 10.1 Å². The third-order valence-corrected chi connectivity index (χ3v) is 3.91. The second kappa shape index (κ2) is 11.8. The van der Waals surface area contributed by atoms with Crippen molar-refractivity contribution in [3.8, 4) is 11.5 Å². The Hall–Kier alpha value is -2.97. The molecule has 0 fully saturated rings. The fourth-order valence-corrected chi connectivity index (χ4v) is 2.48. The average Bonchev–Trinajstić information content (AvgIpc) is 3.07. The van der Waals surface area contributed by atoms with E-state index in [1.165, 1.54) is 4.68 Å². The number of methoxy groups -OCH3 is 1. The van der Waals surface area contributed by atoms with Gasteiger partial charge in [0.1, 0.15) is 6.61 Å². The molecule has 2 aromatic carbocycles. The third-order valence-electron chi connectivity index (χ3n) is 3.91. The van der Waals surface area contributed by atoms with Crippen molar-refractivity contribution in [1.82, 2.24) is 14.9 Å². The van der Waals surface area contributed by atoms with E-state index in [-0.39, 0.29) is 24.8 Å². The first-order valence-corrected chi connectivity index (χ1v) is 8.55. The van der Waals surface area contributed by atoms with Crippen molar-refractivity contribution in [1.29, 1.82) is 0 Å². The predicted molar refractivity (Wildman–Crippen MR) is 119 cm³/mol. The lowest BCUT2D eigenvalue weighted by Crippen LogP contribution is -2.15. The molecule has 29 heavy (non-hydrogen) atoms. The first kappa shape index (κ1) is 24.1. The Bertz CT molecular complexity index is 918. The van der Waals surface area contributed by atoms with Crippen molar-refractivity contribution in [3.63, 3.8) is 0 Å². The van der Waals surface area contributed by atoms with Crippen LogP contribution in [0.2, 0.25) is 0 Å². The minimum absolute atomic E-state index is 0. The zero-order valence-electron chi connectivity index (χ0n) is 16.1. The van der Waals surface area contributed by atoms with Crippen LogP contribution in [0.25, 0.3) is 0 Å². The van der Waals surface area contributed by atoms with E-state index in [2.05, 4.69) is 20.7 Å². The van der Waals surface area contributed by atoms with Crippen LogP contribution in [-0.2, 0) is 13.0 Å². The van der Waals surface area contributed by atoms with E-state index in [4.69, 9.17) is 15.3 Å². The number of hydrogen-bond donors (Lipinski definition) is 2. The largest absolute Gasteiger partial charge is 0.493 e. The van der Waals surface area contributed by atoms with Crippen molar-refractivity contribution in [2.75, 3.05) is 18.4 Å². The highest BCUT2D eigenvalue weighted by Crippen LogP contribution is 2.30. The van der Waals surface area contributed by atoms with Gasteiger partial charge in [-0.2, -0.15) is 5.10 Å². The summed E-state index contributed by atoms with van der Waals surface area (Å²) >= 11 is 0. The molecule has 3 aromatic rings. The van der Waals surface area contributed by atoms with Gasteiger partial charge in [-0.3, -0.25) is 0 Å². The SMILES string of the molecule is CCc1nnc(N/N=C/c2cccc(OC)c2OCc2ccccc2)n1N.Cl.Cl. The summed E-state index contributed by atoms with van der Waals surface area (Å²) in [5.74, 6) is 8.16. The number of benzene rings is 2. The Morgan fingerprint density at radius 3 is 2.52 bits per heavy atom. The Balaban J connectivity index is 0.00000210. The van der Waals surface area contributed by atoms with Crippen LogP contribution in [0.3, 0.4) is 0 Å². The maximum atomic E-state index is 5.99. The van der Waals surface area contributed by atoms with E-state index in [0.29, 0.717) is 36.3 Å². The quantitative estimate of drug-likeness (QED) is 0.317. The molecule has 3 rings (SSSR count). The first-order chi connectivity index (χ1) is 13.2. The number of nitrogens with zero attached hydrogens (tertiary/aromatic N) is 4. The number of hydrazone groups is 1. The minimum atomic E-state index is 0. The maximum absolute atomic E-state index is 5.99. The number of aryl methyl sites for hydroxylation is 1. The molecule has 156 valence electrons. The van der Waals surface area contributed by atoms with Crippen LogP contribution in [-0.4, -0.2) is 28.2 Å². The van der Waals surface area contributed by atoms with Crippen LogP contribution >= 0.6 is 24.8 Å².